The average molecular weight is 74.1 g/mol. The van der Waals surface area contributed by atoms with Gasteiger partial charge in [-0.15, -0.1) is 0 Å². The fraction of sp³-hybridized carbons (Fsp3) is 1.00. The zero-order valence-corrected chi connectivity index (χ0v) is 3.02. The molecular weight excluding hydrogens is 66.0 g/mol. The molecule has 0 heterocycles. The van der Waals surface area contributed by atoms with Gasteiger partial charge >= 0.3 is 0 Å². The lowest BCUT2D eigenvalue weighted by Gasteiger charge is -1.72. The topological polar surface area (TPSA) is 82.5 Å². The van der Waals surface area contributed by atoms with Crippen molar-refractivity contribution in [1.29, 1.82) is 0 Å². The van der Waals surface area contributed by atoms with Gasteiger partial charge in [0.1, 0.15) is 0 Å². The molecule has 4 N–H and O–H groups in total. The molecule has 0 aromatic heterocycles. The van der Waals surface area contributed by atoms with Crippen molar-refractivity contribution in [2.75, 3.05) is 13.1 Å². The van der Waals surface area contributed by atoms with Crippen molar-refractivity contribution in [3.05, 3.63) is 0 Å². The van der Waals surface area contributed by atoms with Crippen LogP contribution in [0.3, 0.4) is 0 Å². The summed E-state index contributed by atoms with van der Waals surface area (Å²) in [5.74, 6) is 0. The lowest BCUT2D eigenvalue weighted by atomic mass is 10.7. The van der Waals surface area contributed by atoms with Crippen molar-refractivity contribution in [2.24, 2.45) is 11.5 Å². The summed E-state index contributed by atoms with van der Waals surface area (Å²) in [5, 5.41) is 0. The third kappa shape index (κ3) is 17.7. The van der Waals surface area contributed by atoms with Gasteiger partial charge in [-0.25, -0.2) is 0 Å². The van der Waals surface area contributed by atoms with Crippen molar-refractivity contribution in [1.82, 2.24) is 6.15 Å². The predicted octanol–water partition coefficient (Wildman–Crippen LogP) is -1.58. The highest BCUT2D eigenvalue weighted by Gasteiger charge is 1.54. The smallest absolute Gasteiger partial charge is 0.00461 e. The lowest BCUT2D eigenvalue weighted by molar-refractivity contribution is 0.976. The molecule has 0 aromatic carbocycles. The van der Waals surface area contributed by atoms with Crippen molar-refractivity contribution >= 4 is 0 Å². The van der Waals surface area contributed by atoms with Crippen LogP contribution in [-0.4, -0.2) is 13.1 Å². The summed E-state index contributed by atoms with van der Waals surface area (Å²) in [6, 6.07) is 0. The summed E-state index contributed by atoms with van der Waals surface area (Å²) >= 11 is 0. The summed E-state index contributed by atoms with van der Waals surface area (Å²) in [7, 11) is 0. The molecule has 0 rings (SSSR count). The largest absolute Gasteiger partial charge is 0.329 e. The minimum atomic E-state index is 0. The third-order valence-corrected chi connectivity index (χ3v) is 0.167. The van der Waals surface area contributed by atoms with Crippen molar-refractivity contribution in [3.8, 4) is 0 Å². The zero-order valence-electron chi connectivity index (χ0n) is 3.02. The van der Waals surface area contributed by atoms with Crippen LogP contribution in [0.5, 0.6) is 0 Å². The molecule has 0 saturated heterocycles. The number of rotatable bonds is 1. The first kappa shape index (κ1) is 8.86. The molecule has 3 heteroatoms. The van der Waals surface area contributed by atoms with E-state index in [2.05, 4.69) is 0 Å². The van der Waals surface area contributed by atoms with E-state index >= 15 is 0 Å². The maximum atomic E-state index is 4.90. The van der Waals surface area contributed by atoms with Crippen LogP contribution in [0.25, 0.3) is 0 Å². The molecule has 31 valence electrons. The fourth-order valence-electron chi connectivity index (χ4n) is 0. The van der Waals surface area contributed by atoms with Gasteiger partial charge in [-0.2, -0.15) is 0 Å². The summed E-state index contributed by atoms with van der Waals surface area (Å²) in [4.78, 5) is 0. The molecule has 0 aliphatic rings. The van der Waals surface area contributed by atoms with E-state index in [-0.39, 0.29) is 6.15 Å². The van der Waals surface area contributed by atoms with E-state index in [9.17, 15) is 0 Å². The van der Waals surface area contributed by atoms with E-state index in [1.807, 2.05) is 0 Å². The number of hydrogen-bond acceptors (Lipinski definition) is 2. The van der Waals surface area contributed by atoms with Gasteiger partial charge in [0.2, 0.25) is 0 Å². The quantitative estimate of drug-likeness (QED) is 0.393. The Hall–Kier alpha value is -0.120. The van der Waals surface area contributed by atoms with Gasteiger partial charge in [-0.05, 0) is 0 Å². The lowest BCUT2D eigenvalue weighted by Crippen LogP contribution is -2.11. The third-order valence-electron chi connectivity index (χ3n) is 0.167. The maximum absolute atomic E-state index is 4.90. The van der Waals surface area contributed by atoms with Gasteiger partial charge in [-0.1, -0.05) is 0 Å². The Balaban J connectivity index is 0. The van der Waals surface area contributed by atoms with E-state index in [1.54, 1.807) is 0 Å². The molecule has 0 fully saturated rings. The first-order chi connectivity index (χ1) is 1.91. The van der Waals surface area contributed by atoms with Gasteiger partial charge in [0.15, 0.2) is 0 Å². The summed E-state index contributed by atoms with van der Waals surface area (Å²) in [6.45, 7) is 1.19. The first-order valence-corrected chi connectivity index (χ1v) is 1.32. The molecule has 0 aliphatic heterocycles. The molecule has 0 saturated carbocycles. The molecule has 0 aromatic rings. The Kier molecular flexibility index (Phi) is 16.1. The number of nitrogens with zero attached hydrogens (tertiary/aromatic N) is 1. The summed E-state index contributed by atoms with van der Waals surface area (Å²) in [5.41, 5.74) is 9.81. The van der Waals surface area contributed by atoms with Gasteiger partial charge in [-0.3, -0.25) is 0 Å². The molecule has 5 heavy (non-hydrogen) atoms. The predicted molar refractivity (Wildman–Crippen MR) is 20.2 cm³/mol. The van der Waals surface area contributed by atoms with Crippen LogP contribution in [0.4, 0.5) is 0 Å². The number of hydrogen-bond donors (Lipinski definition) is 2. The second-order valence-corrected chi connectivity index (χ2v) is 0.577. The van der Waals surface area contributed by atoms with E-state index in [4.69, 9.17) is 11.5 Å². The van der Waals surface area contributed by atoms with Crippen LogP contribution in [-0.2, 0) is 0 Å². The van der Waals surface area contributed by atoms with Crippen LogP contribution in [0, 0.1) is 0 Å². The molecule has 3 radical (unpaired) electrons. The normalized spacial score (nSPS) is 6.00. The minimum absolute atomic E-state index is 0. The van der Waals surface area contributed by atoms with E-state index in [1.165, 1.54) is 0 Å². The highest BCUT2D eigenvalue weighted by molar-refractivity contribution is 4.26. The van der Waals surface area contributed by atoms with Crippen molar-refractivity contribution < 1.29 is 0 Å². The van der Waals surface area contributed by atoms with Crippen LogP contribution < -0.4 is 17.6 Å². The Bertz CT molecular complexity index is 6.85. The van der Waals surface area contributed by atoms with E-state index in [0.29, 0.717) is 13.1 Å². The Morgan fingerprint density at radius 2 is 1.20 bits per heavy atom. The molecule has 0 spiro atoms. The molecular formula is C2H8N3. The Morgan fingerprint density at radius 1 is 1.00 bits per heavy atom. The van der Waals surface area contributed by atoms with Gasteiger partial charge < -0.3 is 11.5 Å². The van der Waals surface area contributed by atoms with Gasteiger partial charge in [0.05, 0.1) is 0 Å². The summed E-state index contributed by atoms with van der Waals surface area (Å²) in [6.07, 6.45) is 0. The van der Waals surface area contributed by atoms with Crippen LogP contribution >= 0.6 is 0 Å². The van der Waals surface area contributed by atoms with Gasteiger partial charge in [0, 0.05) is 19.2 Å². The average Bonchev–Trinajstić information content (AvgIpc) is 1.37. The second kappa shape index (κ2) is 9.11. The fourth-order valence-corrected chi connectivity index (χ4v) is 0. The first-order valence-electron chi connectivity index (χ1n) is 1.32. The monoisotopic (exact) mass is 74.1 g/mol. The van der Waals surface area contributed by atoms with Crippen molar-refractivity contribution in [3.63, 3.8) is 0 Å². The molecule has 0 atom stereocenters. The highest BCUT2D eigenvalue weighted by Crippen LogP contribution is 1.24. The Morgan fingerprint density at radius 3 is 1.20 bits per heavy atom. The SMILES string of the molecule is NCCN.[N]. The zero-order chi connectivity index (χ0) is 3.41. The molecule has 0 amide bonds. The van der Waals surface area contributed by atoms with Crippen LogP contribution in [0.1, 0.15) is 0 Å². The van der Waals surface area contributed by atoms with Gasteiger partial charge in [0.25, 0.3) is 0 Å². The van der Waals surface area contributed by atoms with Crippen molar-refractivity contribution in [2.45, 2.75) is 0 Å². The maximum Gasteiger partial charge on any atom is 0.00461 e. The second-order valence-electron chi connectivity index (χ2n) is 0.577. The van der Waals surface area contributed by atoms with E-state index in [0.717, 1.165) is 0 Å². The summed E-state index contributed by atoms with van der Waals surface area (Å²) < 4.78 is 0. The molecule has 3 nitrogen and oxygen atoms in total. The molecule has 0 bridgehead atoms. The highest BCUT2D eigenvalue weighted by atomic mass is 14.6. The standard InChI is InChI=1S/C2H8N2.N/c3-1-2-4;/h1-4H2;. The molecule has 0 aliphatic carbocycles. The minimum Gasteiger partial charge on any atom is -0.329 e. The van der Waals surface area contributed by atoms with Crippen LogP contribution in [0.15, 0.2) is 0 Å². The number of nitrogens with two attached hydrogens (primary N) is 2. The van der Waals surface area contributed by atoms with Crippen LogP contribution in [0.2, 0.25) is 0 Å². The Labute approximate surface area is 31.9 Å². The molecule has 0 unspecified atom stereocenters. The van der Waals surface area contributed by atoms with E-state index < -0.39 is 0 Å².